The zero-order valence-corrected chi connectivity index (χ0v) is 12.2. The van der Waals surface area contributed by atoms with Crippen molar-refractivity contribution in [1.82, 2.24) is 5.32 Å². The van der Waals surface area contributed by atoms with Gasteiger partial charge < -0.3 is 10.1 Å². The molecule has 1 unspecified atom stereocenters. The van der Waals surface area contributed by atoms with Crippen molar-refractivity contribution in [2.24, 2.45) is 5.41 Å². The number of rotatable bonds is 5. The van der Waals surface area contributed by atoms with Crippen molar-refractivity contribution in [2.75, 3.05) is 13.2 Å². The maximum Gasteiger partial charge on any atom is 0.122 e. The van der Waals surface area contributed by atoms with Crippen LogP contribution in [-0.4, -0.2) is 13.2 Å². The second kappa shape index (κ2) is 5.16. The molecule has 1 heterocycles. The van der Waals surface area contributed by atoms with E-state index in [1.165, 1.54) is 36.8 Å². The standard InChI is InChI=1S/C17H25NO/c1-3-17(8-4-9-17)12-18-13(2)14-5-6-16-15(11-14)7-10-19-16/h5-6,11,13,18H,3-4,7-10,12H2,1-2H3. The second-order valence-corrected chi connectivity index (χ2v) is 6.28. The first-order valence-electron chi connectivity index (χ1n) is 7.71. The highest BCUT2D eigenvalue weighted by molar-refractivity contribution is 5.40. The van der Waals surface area contributed by atoms with Crippen molar-refractivity contribution >= 4 is 0 Å². The predicted molar refractivity (Wildman–Crippen MR) is 78.6 cm³/mol. The Morgan fingerprint density at radius 3 is 2.89 bits per heavy atom. The maximum atomic E-state index is 5.57. The van der Waals surface area contributed by atoms with Gasteiger partial charge >= 0.3 is 0 Å². The van der Waals surface area contributed by atoms with Crippen LogP contribution in [-0.2, 0) is 6.42 Å². The minimum Gasteiger partial charge on any atom is -0.493 e. The Hall–Kier alpha value is -1.02. The van der Waals surface area contributed by atoms with Gasteiger partial charge in [-0.1, -0.05) is 25.5 Å². The van der Waals surface area contributed by atoms with Gasteiger partial charge in [0.25, 0.3) is 0 Å². The Morgan fingerprint density at radius 1 is 1.37 bits per heavy atom. The van der Waals surface area contributed by atoms with Gasteiger partial charge in [-0.25, -0.2) is 0 Å². The van der Waals surface area contributed by atoms with Gasteiger partial charge in [-0.05, 0) is 48.8 Å². The number of fused-ring (bicyclic) bond motifs is 1. The fraction of sp³-hybridized carbons (Fsp3) is 0.647. The van der Waals surface area contributed by atoms with E-state index in [2.05, 4.69) is 37.4 Å². The van der Waals surface area contributed by atoms with Gasteiger partial charge in [0.1, 0.15) is 5.75 Å². The molecular weight excluding hydrogens is 234 g/mol. The summed E-state index contributed by atoms with van der Waals surface area (Å²) >= 11 is 0. The summed E-state index contributed by atoms with van der Waals surface area (Å²) < 4.78 is 5.57. The van der Waals surface area contributed by atoms with E-state index < -0.39 is 0 Å². The smallest absolute Gasteiger partial charge is 0.122 e. The molecule has 104 valence electrons. The fourth-order valence-electron chi connectivity index (χ4n) is 3.30. The van der Waals surface area contributed by atoms with E-state index in [1.54, 1.807) is 0 Å². The molecule has 1 aliphatic heterocycles. The summed E-state index contributed by atoms with van der Waals surface area (Å²) in [6, 6.07) is 7.10. The molecule has 1 aromatic rings. The number of hydrogen-bond acceptors (Lipinski definition) is 2. The van der Waals surface area contributed by atoms with E-state index in [0.29, 0.717) is 11.5 Å². The molecule has 1 N–H and O–H groups in total. The lowest BCUT2D eigenvalue weighted by molar-refractivity contribution is 0.120. The average molecular weight is 259 g/mol. The van der Waals surface area contributed by atoms with Gasteiger partial charge in [0.05, 0.1) is 6.61 Å². The molecule has 0 saturated heterocycles. The molecule has 1 fully saturated rings. The third-order valence-corrected chi connectivity index (χ3v) is 5.16. The highest BCUT2D eigenvalue weighted by atomic mass is 16.5. The fourth-order valence-corrected chi connectivity index (χ4v) is 3.30. The molecule has 0 bridgehead atoms. The zero-order valence-electron chi connectivity index (χ0n) is 12.2. The summed E-state index contributed by atoms with van der Waals surface area (Å²) in [5, 5.41) is 3.74. The number of ether oxygens (including phenoxy) is 1. The average Bonchev–Trinajstić information content (AvgIpc) is 2.84. The van der Waals surface area contributed by atoms with Crippen LogP contribution >= 0.6 is 0 Å². The number of benzene rings is 1. The van der Waals surface area contributed by atoms with Crippen LogP contribution in [0.3, 0.4) is 0 Å². The molecule has 2 heteroatoms. The summed E-state index contributed by atoms with van der Waals surface area (Å²) in [5.41, 5.74) is 3.36. The van der Waals surface area contributed by atoms with Gasteiger partial charge in [0, 0.05) is 19.0 Å². The molecule has 3 rings (SSSR count). The molecule has 2 aliphatic rings. The second-order valence-electron chi connectivity index (χ2n) is 6.28. The summed E-state index contributed by atoms with van der Waals surface area (Å²) in [6.45, 7) is 6.62. The van der Waals surface area contributed by atoms with Crippen molar-refractivity contribution in [2.45, 2.75) is 52.0 Å². The largest absolute Gasteiger partial charge is 0.493 e. The molecule has 1 aliphatic carbocycles. The van der Waals surface area contributed by atoms with Gasteiger partial charge in [-0.3, -0.25) is 0 Å². The van der Waals surface area contributed by atoms with Crippen molar-refractivity contribution in [3.05, 3.63) is 29.3 Å². The predicted octanol–water partition coefficient (Wildman–Crippen LogP) is 3.85. The van der Waals surface area contributed by atoms with Gasteiger partial charge in [-0.15, -0.1) is 0 Å². The highest BCUT2D eigenvalue weighted by Crippen LogP contribution is 2.43. The summed E-state index contributed by atoms with van der Waals surface area (Å²) in [4.78, 5) is 0. The molecule has 2 nitrogen and oxygen atoms in total. The zero-order chi connectivity index (χ0) is 13.3. The van der Waals surface area contributed by atoms with Crippen molar-refractivity contribution in [3.8, 4) is 5.75 Å². The van der Waals surface area contributed by atoms with Crippen LogP contribution in [0.25, 0.3) is 0 Å². The van der Waals surface area contributed by atoms with Crippen LogP contribution in [0.15, 0.2) is 18.2 Å². The molecular formula is C17H25NO. The van der Waals surface area contributed by atoms with Crippen LogP contribution in [0.1, 0.15) is 56.7 Å². The van der Waals surface area contributed by atoms with Gasteiger partial charge in [0.15, 0.2) is 0 Å². The molecule has 0 aromatic heterocycles. The molecule has 0 spiro atoms. The normalized spacial score (nSPS) is 21.4. The van der Waals surface area contributed by atoms with Crippen LogP contribution in [0.4, 0.5) is 0 Å². The third-order valence-electron chi connectivity index (χ3n) is 5.16. The lowest BCUT2D eigenvalue weighted by atomic mass is 9.67. The van der Waals surface area contributed by atoms with E-state index in [0.717, 1.165) is 25.3 Å². The Morgan fingerprint density at radius 2 is 2.21 bits per heavy atom. The van der Waals surface area contributed by atoms with Crippen molar-refractivity contribution in [1.29, 1.82) is 0 Å². The molecule has 19 heavy (non-hydrogen) atoms. The number of nitrogens with one attached hydrogen (secondary N) is 1. The first-order chi connectivity index (χ1) is 9.22. The molecule has 0 amide bonds. The SMILES string of the molecule is CCC1(CNC(C)c2ccc3c(c2)CCO3)CCC1. The first kappa shape index (κ1) is 13.0. The topological polar surface area (TPSA) is 21.3 Å². The van der Waals surface area contributed by atoms with Gasteiger partial charge in [-0.2, -0.15) is 0 Å². The van der Waals surface area contributed by atoms with Crippen LogP contribution in [0.2, 0.25) is 0 Å². The minimum absolute atomic E-state index is 0.440. The number of hydrogen-bond donors (Lipinski definition) is 1. The quantitative estimate of drug-likeness (QED) is 0.867. The lowest BCUT2D eigenvalue weighted by Gasteiger charge is -2.42. The van der Waals surface area contributed by atoms with Crippen molar-refractivity contribution in [3.63, 3.8) is 0 Å². The Labute approximate surface area is 116 Å². The Bertz CT molecular complexity index is 445. The molecule has 1 saturated carbocycles. The summed E-state index contributed by atoms with van der Waals surface area (Å²) in [7, 11) is 0. The molecule has 0 radical (unpaired) electrons. The van der Waals surface area contributed by atoms with E-state index >= 15 is 0 Å². The van der Waals surface area contributed by atoms with Crippen LogP contribution < -0.4 is 10.1 Å². The summed E-state index contributed by atoms with van der Waals surface area (Å²) in [5.74, 6) is 1.08. The molecule has 1 atom stereocenters. The maximum absolute atomic E-state index is 5.57. The third kappa shape index (κ3) is 2.51. The van der Waals surface area contributed by atoms with Gasteiger partial charge in [0.2, 0.25) is 0 Å². The Kier molecular flexibility index (Phi) is 3.53. The Balaban J connectivity index is 1.62. The van der Waals surface area contributed by atoms with E-state index in [-0.39, 0.29) is 0 Å². The van der Waals surface area contributed by atoms with Crippen molar-refractivity contribution < 1.29 is 4.74 Å². The summed E-state index contributed by atoms with van der Waals surface area (Å²) in [6.07, 6.45) is 6.60. The monoisotopic (exact) mass is 259 g/mol. The van der Waals surface area contributed by atoms with Crippen LogP contribution in [0, 0.1) is 5.41 Å². The highest BCUT2D eigenvalue weighted by Gasteiger charge is 2.34. The first-order valence-corrected chi connectivity index (χ1v) is 7.71. The van der Waals surface area contributed by atoms with E-state index in [9.17, 15) is 0 Å². The lowest BCUT2D eigenvalue weighted by Crippen LogP contribution is -2.40. The van der Waals surface area contributed by atoms with E-state index in [1.807, 2.05) is 0 Å². The van der Waals surface area contributed by atoms with Crippen LogP contribution in [0.5, 0.6) is 5.75 Å². The van der Waals surface area contributed by atoms with E-state index in [4.69, 9.17) is 4.74 Å². The minimum atomic E-state index is 0.440. The molecule has 1 aromatic carbocycles.